The van der Waals surface area contributed by atoms with E-state index in [1.54, 1.807) is 31.2 Å². The van der Waals surface area contributed by atoms with Crippen molar-refractivity contribution in [2.24, 2.45) is 11.1 Å². The first kappa shape index (κ1) is 26.5. The molecule has 192 valence electrons. The summed E-state index contributed by atoms with van der Waals surface area (Å²) in [5.41, 5.74) is 1.09. The molecule has 11 nitrogen and oxygen atoms in total. The Kier molecular flexibility index (Phi) is 7.99. The van der Waals surface area contributed by atoms with Crippen LogP contribution in [-0.2, 0) is 14.5 Å². The maximum absolute atomic E-state index is 13.3. The molecule has 5 N–H and O–H groups in total. The smallest absolute Gasteiger partial charge is 0.333 e. The number of aliphatic hydroxyl groups is 2. The third kappa shape index (κ3) is 6.24. The topological polar surface area (TPSA) is 178 Å². The first-order valence-corrected chi connectivity index (χ1v) is 13.6. The minimum Gasteiger partial charge on any atom is -0.393 e. The van der Waals surface area contributed by atoms with Gasteiger partial charge in [-0.1, -0.05) is 23.7 Å². The Labute approximate surface area is 216 Å². The molecule has 4 rings (SSSR count). The van der Waals surface area contributed by atoms with Gasteiger partial charge in [-0.3, -0.25) is 8.98 Å². The molecule has 2 aromatic heterocycles. The highest BCUT2D eigenvalue weighted by atomic mass is 35.5. The van der Waals surface area contributed by atoms with E-state index in [9.17, 15) is 23.4 Å². The highest BCUT2D eigenvalue weighted by Crippen LogP contribution is 2.32. The summed E-state index contributed by atoms with van der Waals surface area (Å²) in [6.07, 6.45) is 1.45. The Morgan fingerprint density at radius 3 is 2.89 bits per heavy atom. The standard InChI is InChI=1S/C22H24ClN5O6S2/c1-11-18(19(30)12-3-2-4-14(23)5-12)28-22(35-11)20(31)16-8-25-10-26-21(16)27-15-6-13(17(29)7-15)9-34-36(24,32)33/h2-5,8,10,13,15,17,19,29-30H,6-7,9H2,1H3,(H2,24,32,33)(H,25,26,27)/t13-,15-,17+,19?/m1/s1. The maximum atomic E-state index is 13.3. The van der Waals surface area contributed by atoms with Gasteiger partial charge in [0.2, 0.25) is 5.78 Å². The van der Waals surface area contributed by atoms with Crippen LogP contribution < -0.4 is 10.5 Å². The molecule has 1 aliphatic carbocycles. The number of halogens is 1. The van der Waals surface area contributed by atoms with Crippen LogP contribution in [0, 0.1) is 12.8 Å². The summed E-state index contributed by atoms with van der Waals surface area (Å²) >= 11 is 7.18. The Morgan fingerprint density at radius 1 is 1.39 bits per heavy atom. The van der Waals surface area contributed by atoms with Crippen molar-refractivity contribution in [3.8, 4) is 0 Å². The first-order valence-electron chi connectivity index (χ1n) is 10.9. The van der Waals surface area contributed by atoms with Crippen LogP contribution in [0.25, 0.3) is 0 Å². The van der Waals surface area contributed by atoms with Gasteiger partial charge in [-0.25, -0.2) is 20.1 Å². The van der Waals surface area contributed by atoms with E-state index in [2.05, 4.69) is 24.5 Å². The number of hydrogen-bond acceptors (Lipinski definition) is 11. The number of carbonyl (C=O) groups is 1. The van der Waals surface area contributed by atoms with E-state index in [1.165, 1.54) is 12.5 Å². The number of nitrogens with one attached hydrogen (secondary N) is 1. The van der Waals surface area contributed by atoms with Gasteiger partial charge in [0.15, 0.2) is 5.01 Å². The predicted octanol–water partition coefficient (Wildman–Crippen LogP) is 1.98. The zero-order chi connectivity index (χ0) is 26.0. The summed E-state index contributed by atoms with van der Waals surface area (Å²) in [6, 6.07) is 6.48. The molecule has 1 saturated carbocycles. The number of nitrogens with two attached hydrogens (primary N) is 1. The van der Waals surface area contributed by atoms with Crippen LogP contribution in [0.5, 0.6) is 0 Å². The second-order valence-electron chi connectivity index (χ2n) is 8.45. The Morgan fingerprint density at radius 2 is 2.17 bits per heavy atom. The Bertz CT molecular complexity index is 1370. The van der Waals surface area contributed by atoms with E-state index in [0.717, 1.165) is 11.3 Å². The molecule has 1 unspecified atom stereocenters. The quantitative estimate of drug-likeness (QED) is 0.286. The van der Waals surface area contributed by atoms with Gasteiger partial charge in [0.25, 0.3) is 0 Å². The fraction of sp³-hybridized carbons (Fsp3) is 0.364. The van der Waals surface area contributed by atoms with Crippen molar-refractivity contribution < 1.29 is 27.6 Å². The summed E-state index contributed by atoms with van der Waals surface area (Å²) in [6.45, 7) is 1.52. The summed E-state index contributed by atoms with van der Waals surface area (Å²) in [5.74, 6) is -0.632. The molecule has 0 saturated heterocycles. The first-order chi connectivity index (χ1) is 17.0. The number of ketones is 1. The normalized spacial score (nSPS) is 20.9. The molecule has 0 bridgehead atoms. The van der Waals surface area contributed by atoms with Crippen molar-refractivity contribution in [1.29, 1.82) is 0 Å². The van der Waals surface area contributed by atoms with Crippen LogP contribution in [0.1, 0.15) is 50.4 Å². The minimum atomic E-state index is -4.11. The summed E-state index contributed by atoms with van der Waals surface area (Å²) in [7, 11) is -4.11. The number of aromatic nitrogens is 3. The van der Waals surface area contributed by atoms with Gasteiger partial charge >= 0.3 is 10.3 Å². The summed E-state index contributed by atoms with van der Waals surface area (Å²) < 4.78 is 26.7. The monoisotopic (exact) mass is 553 g/mol. The van der Waals surface area contributed by atoms with Crippen molar-refractivity contribution in [3.05, 3.63) is 68.5 Å². The largest absolute Gasteiger partial charge is 0.393 e. The number of benzene rings is 1. The van der Waals surface area contributed by atoms with Crippen LogP contribution in [0.15, 0.2) is 36.8 Å². The van der Waals surface area contributed by atoms with Crippen molar-refractivity contribution in [3.63, 3.8) is 0 Å². The minimum absolute atomic E-state index is 0.160. The molecule has 0 radical (unpaired) electrons. The SMILES string of the molecule is Cc1sc(C(=O)c2cncnc2N[C@@H]2C[C@H](COS(N)(=O)=O)[C@@H](O)C2)nc1C(O)c1cccc(Cl)c1. The lowest BCUT2D eigenvalue weighted by atomic mass is 10.1. The van der Waals surface area contributed by atoms with E-state index in [1.807, 2.05) is 0 Å². The number of thiazole rings is 1. The van der Waals surface area contributed by atoms with Gasteiger partial charge in [-0.2, -0.15) is 8.42 Å². The van der Waals surface area contributed by atoms with Crippen molar-refractivity contribution in [2.45, 2.75) is 38.0 Å². The molecule has 1 aromatic carbocycles. The zero-order valence-corrected chi connectivity index (χ0v) is 21.4. The van der Waals surface area contributed by atoms with E-state index >= 15 is 0 Å². The Hall–Kier alpha value is -2.52. The lowest BCUT2D eigenvalue weighted by Gasteiger charge is -2.15. The lowest BCUT2D eigenvalue weighted by Crippen LogP contribution is -2.24. The molecule has 36 heavy (non-hydrogen) atoms. The van der Waals surface area contributed by atoms with Crippen molar-refractivity contribution in [1.82, 2.24) is 15.0 Å². The van der Waals surface area contributed by atoms with Crippen LogP contribution in [0.3, 0.4) is 0 Å². The van der Waals surface area contributed by atoms with Gasteiger partial charge < -0.3 is 15.5 Å². The number of rotatable bonds is 9. The number of nitrogens with zero attached hydrogens (tertiary/aromatic N) is 3. The molecule has 2 heterocycles. The molecule has 0 spiro atoms. The molecule has 0 aliphatic heterocycles. The molecular weight excluding hydrogens is 530 g/mol. The third-order valence-corrected chi connectivity index (χ3v) is 7.54. The van der Waals surface area contributed by atoms with E-state index in [-0.39, 0.29) is 29.0 Å². The molecule has 1 fully saturated rings. The fourth-order valence-electron chi connectivity index (χ4n) is 4.09. The maximum Gasteiger partial charge on any atom is 0.333 e. The molecule has 3 aromatic rings. The molecule has 4 atom stereocenters. The van der Waals surface area contributed by atoms with Crippen LogP contribution >= 0.6 is 22.9 Å². The molecular formula is C22H24ClN5O6S2. The average Bonchev–Trinajstić information content (AvgIpc) is 3.38. The van der Waals surface area contributed by atoms with E-state index < -0.39 is 34.2 Å². The van der Waals surface area contributed by atoms with E-state index in [0.29, 0.717) is 34.0 Å². The summed E-state index contributed by atoms with van der Waals surface area (Å²) in [5, 5.41) is 29.7. The number of hydrogen-bond donors (Lipinski definition) is 4. The van der Waals surface area contributed by atoms with Gasteiger partial charge in [0.05, 0.1) is 24.0 Å². The molecule has 1 aliphatic rings. The van der Waals surface area contributed by atoms with Gasteiger partial charge in [0.1, 0.15) is 18.2 Å². The van der Waals surface area contributed by atoms with Crippen LogP contribution in [0.4, 0.5) is 5.82 Å². The van der Waals surface area contributed by atoms with Gasteiger partial charge in [-0.15, -0.1) is 11.3 Å². The average molecular weight is 554 g/mol. The predicted molar refractivity (Wildman–Crippen MR) is 133 cm³/mol. The fourth-order valence-corrected chi connectivity index (χ4v) is 5.56. The highest BCUT2D eigenvalue weighted by molar-refractivity contribution is 7.84. The third-order valence-electron chi connectivity index (χ3n) is 5.85. The zero-order valence-electron chi connectivity index (χ0n) is 19.0. The molecule has 0 amide bonds. The number of aliphatic hydroxyl groups excluding tert-OH is 2. The second-order valence-corrected chi connectivity index (χ2v) is 11.3. The van der Waals surface area contributed by atoms with Gasteiger partial charge in [-0.05, 0) is 37.5 Å². The van der Waals surface area contributed by atoms with Crippen molar-refractivity contribution >= 4 is 44.8 Å². The lowest BCUT2D eigenvalue weighted by molar-refractivity contribution is 0.101. The highest BCUT2D eigenvalue weighted by Gasteiger charge is 2.35. The number of anilines is 1. The summed E-state index contributed by atoms with van der Waals surface area (Å²) in [4.78, 5) is 26.6. The second kappa shape index (κ2) is 10.8. The van der Waals surface area contributed by atoms with Gasteiger partial charge in [0, 0.05) is 28.1 Å². The Balaban J connectivity index is 1.51. The number of aryl methyl sites for hydroxylation is 1. The number of carbonyl (C=O) groups excluding carboxylic acids is 1. The van der Waals surface area contributed by atoms with E-state index in [4.69, 9.17) is 16.7 Å². The van der Waals surface area contributed by atoms with Crippen molar-refractivity contribution in [2.75, 3.05) is 11.9 Å². The van der Waals surface area contributed by atoms with Crippen LogP contribution in [-0.4, -0.2) is 58.1 Å². The molecule has 14 heteroatoms. The van der Waals surface area contributed by atoms with Crippen LogP contribution in [0.2, 0.25) is 5.02 Å².